The number of aryl methyl sites for hydroxylation is 1. The SMILES string of the molecule is CCC(C)C(=O)NCc1cccc2c1NCCC2. The Kier molecular flexibility index (Phi) is 4.24. The summed E-state index contributed by atoms with van der Waals surface area (Å²) in [6.07, 6.45) is 3.21. The van der Waals surface area contributed by atoms with E-state index in [1.807, 2.05) is 13.8 Å². The fraction of sp³-hybridized carbons (Fsp3) is 0.533. The lowest BCUT2D eigenvalue weighted by Gasteiger charge is -2.21. The van der Waals surface area contributed by atoms with Gasteiger partial charge in [0, 0.05) is 24.7 Å². The highest BCUT2D eigenvalue weighted by Gasteiger charge is 2.14. The van der Waals surface area contributed by atoms with E-state index in [1.54, 1.807) is 0 Å². The Bertz CT molecular complexity index is 429. The molecule has 2 N–H and O–H groups in total. The number of nitrogens with one attached hydrogen (secondary N) is 2. The molecule has 1 heterocycles. The number of hydrogen-bond acceptors (Lipinski definition) is 2. The fourth-order valence-electron chi connectivity index (χ4n) is 2.27. The Morgan fingerprint density at radius 2 is 2.33 bits per heavy atom. The molecule has 3 heteroatoms. The van der Waals surface area contributed by atoms with Gasteiger partial charge >= 0.3 is 0 Å². The van der Waals surface area contributed by atoms with Crippen LogP contribution in [0.15, 0.2) is 18.2 Å². The monoisotopic (exact) mass is 246 g/mol. The van der Waals surface area contributed by atoms with Crippen LogP contribution in [-0.2, 0) is 17.8 Å². The second kappa shape index (κ2) is 5.89. The Hall–Kier alpha value is -1.51. The number of para-hydroxylation sites is 1. The van der Waals surface area contributed by atoms with E-state index in [0.29, 0.717) is 6.54 Å². The lowest BCUT2D eigenvalue weighted by atomic mass is 9.99. The Morgan fingerprint density at radius 1 is 1.50 bits per heavy atom. The molecule has 0 saturated heterocycles. The third-order valence-corrected chi connectivity index (χ3v) is 3.67. The van der Waals surface area contributed by atoms with Crippen LogP contribution in [0.1, 0.15) is 37.8 Å². The molecule has 1 atom stereocenters. The summed E-state index contributed by atoms with van der Waals surface area (Å²) in [6.45, 7) is 5.66. The van der Waals surface area contributed by atoms with Gasteiger partial charge in [-0.25, -0.2) is 0 Å². The quantitative estimate of drug-likeness (QED) is 0.857. The summed E-state index contributed by atoms with van der Waals surface area (Å²) in [5.41, 5.74) is 3.80. The van der Waals surface area contributed by atoms with Crippen LogP contribution in [0.5, 0.6) is 0 Å². The Balaban J connectivity index is 2.03. The van der Waals surface area contributed by atoms with E-state index in [4.69, 9.17) is 0 Å². The van der Waals surface area contributed by atoms with E-state index in [-0.39, 0.29) is 11.8 Å². The molecule has 0 radical (unpaired) electrons. The van der Waals surface area contributed by atoms with E-state index in [1.165, 1.54) is 23.2 Å². The second-order valence-electron chi connectivity index (χ2n) is 5.01. The summed E-state index contributed by atoms with van der Waals surface area (Å²) in [6, 6.07) is 6.34. The van der Waals surface area contributed by atoms with Gasteiger partial charge in [0.05, 0.1) is 0 Å². The predicted molar refractivity (Wildman–Crippen MR) is 74.6 cm³/mol. The second-order valence-corrected chi connectivity index (χ2v) is 5.01. The number of rotatable bonds is 4. The van der Waals surface area contributed by atoms with Gasteiger partial charge in [0.25, 0.3) is 0 Å². The molecule has 0 aromatic heterocycles. The predicted octanol–water partition coefficient (Wildman–Crippen LogP) is 2.71. The van der Waals surface area contributed by atoms with E-state index >= 15 is 0 Å². The molecule has 3 nitrogen and oxygen atoms in total. The van der Waals surface area contributed by atoms with Crippen molar-refractivity contribution in [3.8, 4) is 0 Å². The van der Waals surface area contributed by atoms with Crippen molar-refractivity contribution in [2.45, 2.75) is 39.7 Å². The summed E-state index contributed by atoms with van der Waals surface area (Å²) in [7, 11) is 0. The van der Waals surface area contributed by atoms with Crippen molar-refractivity contribution < 1.29 is 4.79 Å². The fourth-order valence-corrected chi connectivity index (χ4v) is 2.27. The summed E-state index contributed by atoms with van der Waals surface area (Å²) in [5.74, 6) is 0.239. The Labute approximate surface area is 109 Å². The third-order valence-electron chi connectivity index (χ3n) is 3.67. The van der Waals surface area contributed by atoms with Gasteiger partial charge in [-0.2, -0.15) is 0 Å². The van der Waals surface area contributed by atoms with Crippen LogP contribution in [0.4, 0.5) is 5.69 Å². The first-order valence-corrected chi connectivity index (χ1v) is 6.84. The molecule has 1 aromatic rings. The molecule has 0 fully saturated rings. The van der Waals surface area contributed by atoms with Gasteiger partial charge in [-0.05, 0) is 30.4 Å². The normalized spacial score (nSPS) is 15.4. The molecule has 1 amide bonds. The van der Waals surface area contributed by atoms with Crippen molar-refractivity contribution in [3.63, 3.8) is 0 Å². The standard InChI is InChI=1S/C15H22N2O/c1-3-11(2)15(18)17-10-13-7-4-6-12-8-5-9-16-14(12)13/h4,6-7,11,16H,3,5,8-10H2,1-2H3,(H,17,18). The molecule has 98 valence electrons. The van der Waals surface area contributed by atoms with Crippen LogP contribution in [-0.4, -0.2) is 12.5 Å². The van der Waals surface area contributed by atoms with Gasteiger partial charge in [0.2, 0.25) is 5.91 Å². The van der Waals surface area contributed by atoms with Crippen LogP contribution in [0, 0.1) is 5.92 Å². The molecule has 1 aromatic carbocycles. The highest BCUT2D eigenvalue weighted by molar-refractivity contribution is 5.78. The zero-order chi connectivity index (χ0) is 13.0. The summed E-state index contributed by atoms with van der Waals surface area (Å²) >= 11 is 0. The molecule has 1 aliphatic rings. The minimum absolute atomic E-state index is 0.0949. The number of benzene rings is 1. The number of carbonyl (C=O) groups is 1. The first-order chi connectivity index (χ1) is 8.72. The first kappa shape index (κ1) is 12.9. The van der Waals surface area contributed by atoms with Gasteiger partial charge in [-0.15, -0.1) is 0 Å². The van der Waals surface area contributed by atoms with E-state index in [9.17, 15) is 4.79 Å². The summed E-state index contributed by atoms with van der Waals surface area (Å²) < 4.78 is 0. The molecule has 0 bridgehead atoms. The molecule has 1 aliphatic heterocycles. The maximum atomic E-state index is 11.8. The van der Waals surface area contributed by atoms with Crippen molar-refractivity contribution in [1.29, 1.82) is 0 Å². The van der Waals surface area contributed by atoms with Crippen LogP contribution >= 0.6 is 0 Å². The highest BCUT2D eigenvalue weighted by atomic mass is 16.1. The molecular weight excluding hydrogens is 224 g/mol. The molecule has 18 heavy (non-hydrogen) atoms. The van der Waals surface area contributed by atoms with Crippen molar-refractivity contribution in [2.75, 3.05) is 11.9 Å². The zero-order valence-electron chi connectivity index (χ0n) is 11.3. The smallest absolute Gasteiger partial charge is 0.223 e. The van der Waals surface area contributed by atoms with Crippen LogP contribution in [0.2, 0.25) is 0 Å². The summed E-state index contributed by atoms with van der Waals surface area (Å²) in [4.78, 5) is 11.8. The van der Waals surface area contributed by atoms with Crippen LogP contribution in [0.25, 0.3) is 0 Å². The lowest BCUT2D eigenvalue weighted by molar-refractivity contribution is -0.124. The number of carbonyl (C=O) groups excluding carboxylic acids is 1. The molecule has 0 saturated carbocycles. The van der Waals surface area contributed by atoms with Crippen molar-refractivity contribution in [1.82, 2.24) is 5.32 Å². The zero-order valence-corrected chi connectivity index (χ0v) is 11.3. The van der Waals surface area contributed by atoms with Crippen LogP contribution < -0.4 is 10.6 Å². The largest absolute Gasteiger partial charge is 0.385 e. The van der Waals surface area contributed by atoms with Gasteiger partial charge in [-0.3, -0.25) is 4.79 Å². The molecule has 0 spiro atoms. The average molecular weight is 246 g/mol. The summed E-state index contributed by atoms with van der Waals surface area (Å²) in [5, 5.41) is 6.47. The number of anilines is 1. The topological polar surface area (TPSA) is 41.1 Å². The Morgan fingerprint density at radius 3 is 3.11 bits per heavy atom. The van der Waals surface area contributed by atoms with Gasteiger partial charge in [0.15, 0.2) is 0 Å². The van der Waals surface area contributed by atoms with E-state index in [0.717, 1.165) is 19.4 Å². The minimum Gasteiger partial charge on any atom is -0.385 e. The van der Waals surface area contributed by atoms with E-state index < -0.39 is 0 Å². The van der Waals surface area contributed by atoms with Crippen molar-refractivity contribution >= 4 is 11.6 Å². The lowest BCUT2D eigenvalue weighted by Crippen LogP contribution is -2.29. The van der Waals surface area contributed by atoms with Gasteiger partial charge in [-0.1, -0.05) is 32.0 Å². The maximum Gasteiger partial charge on any atom is 0.223 e. The molecule has 1 unspecified atom stereocenters. The number of fused-ring (bicyclic) bond motifs is 1. The molecular formula is C15H22N2O. The average Bonchev–Trinajstić information content (AvgIpc) is 2.43. The number of amides is 1. The molecule has 2 rings (SSSR count). The van der Waals surface area contributed by atoms with Gasteiger partial charge in [0.1, 0.15) is 0 Å². The van der Waals surface area contributed by atoms with E-state index in [2.05, 4.69) is 28.8 Å². The molecule has 0 aliphatic carbocycles. The van der Waals surface area contributed by atoms with Gasteiger partial charge < -0.3 is 10.6 Å². The first-order valence-electron chi connectivity index (χ1n) is 6.84. The van der Waals surface area contributed by atoms with Crippen molar-refractivity contribution in [3.05, 3.63) is 29.3 Å². The van der Waals surface area contributed by atoms with Crippen LogP contribution in [0.3, 0.4) is 0 Å². The maximum absolute atomic E-state index is 11.8. The third kappa shape index (κ3) is 2.84. The highest BCUT2D eigenvalue weighted by Crippen LogP contribution is 2.25. The van der Waals surface area contributed by atoms with Crippen molar-refractivity contribution in [2.24, 2.45) is 5.92 Å². The number of hydrogen-bond donors (Lipinski definition) is 2. The minimum atomic E-state index is 0.0949.